The van der Waals surface area contributed by atoms with Crippen molar-refractivity contribution in [2.24, 2.45) is 20.0 Å². The molecule has 3 atom stereocenters. The third-order valence-corrected chi connectivity index (χ3v) is 8.42. The average Bonchev–Trinajstić information content (AvgIpc) is 3.49. The summed E-state index contributed by atoms with van der Waals surface area (Å²) in [6.07, 6.45) is 1.46. The number of rotatable bonds is 5. The number of thiazole rings is 1. The number of carbonyl (C=O) groups excluding carboxylic acids is 4. The van der Waals surface area contributed by atoms with E-state index < -0.39 is 47.1 Å². The maximum Gasteiger partial charge on any atom is 0.331 e. The van der Waals surface area contributed by atoms with Crippen LogP contribution in [0.3, 0.4) is 0 Å². The fourth-order valence-electron chi connectivity index (χ4n) is 4.85. The molecular weight excluding hydrogens is 586 g/mol. The Bertz CT molecular complexity index is 1650. The van der Waals surface area contributed by atoms with Crippen LogP contribution < -0.4 is 32.5 Å². The lowest BCUT2D eigenvalue weighted by Gasteiger charge is -2.25. The molecule has 0 aliphatic carbocycles. The van der Waals surface area contributed by atoms with Crippen molar-refractivity contribution in [3.63, 3.8) is 0 Å². The smallest absolute Gasteiger partial charge is 0.331 e. The van der Waals surface area contributed by atoms with E-state index in [1.807, 2.05) is 44.2 Å². The molecule has 1 aromatic carbocycles. The first kappa shape index (κ1) is 32.3. The first-order valence-corrected chi connectivity index (χ1v) is 15.3. The Hall–Kier alpha value is -4.59. The van der Waals surface area contributed by atoms with Gasteiger partial charge in [-0.1, -0.05) is 44.2 Å². The summed E-state index contributed by atoms with van der Waals surface area (Å²) >= 11 is 1.21. The number of nitrogens with zero attached hydrogens (tertiary/aromatic N) is 3. The molecule has 1 aliphatic rings. The Labute approximate surface area is 258 Å². The number of benzene rings is 1. The number of nitrogens with one attached hydrogen (secondary N) is 4. The summed E-state index contributed by atoms with van der Waals surface area (Å²) in [5.74, 6) is -2.20. The molecule has 0 radical (unpaired) electrons. The van der Waals surface area contributed by atoms with Gasteiger partial charge in [0, 0.05) is 38.5 Å². The lowest BCUT2D eigenvalue weighted by Crippen LogP contribution is -2.50. The van der Waals surface area contributed by atoms with E-state index in [9.17, 15) is 28.8 Å². The summed E-state index contributed by atoms with van der Waals surface area (Å²) in [5, 5.41) is 13.4. The SMILES string of the molecule is CC(C)[C@H]1NC(=O)[C@@H](NC(=O)c2cc(=O)n(C)c(=O)n2C)CCCCNC(=O)[C@@H](Cc2ccccc2)NC(=O)c2csc1n2. The quantitative estimate of drug-likeness (QED) is 0.325. The van der Waals surface area contributed by atoms with Crippen LogP contribution in [0, 0.1) is 5.92 Å². The van der Waals surface area contributed by atoms with Gasteiger partial charge in [0.25, 0.3) is 17.4 Å². The van der Waals surface area contributed by atoms with E-state index in [-0.39, 0.29) is 36.2 Å². The van der Waals surface area contributed by atoms with Gasteiger partial charge in [-0.15, -0.1) is 11.3 Å². The lowest BCUT2D eigenvalue weighted by molar-refractivity contribution is -0.124. The van der Waals surface area contributed by atoms with E-state index in [4.69, 9.17) is 0 Å². The molecule has 0 unspecified atom stereocenters. The number of fused-ring (bicyclic) bond motifs is 2. The minimum Gasteiger partial charge on any atom is -0.354 e. The Morgan fingerprint density at radius 3 is 2.45 bits per heavy atom. The molecule has 3 aromatic rings. The highest BCUT2D eigenvalue weighted by Gasteiger charge is 2.30. The number of amides is 4. The van der Waals surface area contributed by atoms with Crippen LogP contribution in [-0.2, 0) is 30.1 Å². The molecule has 3 heterocycles. The van der Waals surface area contributed by atoms with Gasteiger partial charge in [-0.05, 0) is 30.7 Å². The first-order valence-electron chi connectivity index (χ1n) is 14.4. The monoisotopic (exact) mass is 623 g/mol. The summed E-state index contributed by atoms with van der Waals surface area (Å²) in [6.45, 7) is 4.07. The molecule has 0 saturated heterocycles. The van der Waals surface area contributed by atoms with Crippen molar-refractivity contribution in [3.8, 4) is 0 Å². The highest BCUT2D eigenvalue weighted by atomic mass is 32.1. The van der Waals surface area contributed by atoms with Crippen LogP contribution in [0.5, 0.6) is 0 Å². The highest BCUT2D eigenvalue weighted by molar-refractivity contribution is 7.09. The Kier molecular flexibility index (Phi) is 10.5. The number of hydrogen-bond donors (Lipinski definition) is 4. The van der Waals surface area contributed by atoms with Crippen molar-refractivity contribution < 1.29 is 19.2 Å². The predicted octanol–water partition coefficient (Wildman–Crippen LogP) is 0.794. The van der Waals surface area contributed by atoms with E-state index in [1.165, 1.54) is 25.4 Å². The molecule has 14 heteroatoms. The summed E-state index contributed by atoms with van der Waals surface area (Å²) < 4.78 is 1.93. The Balaban J connectivity index is 1.61. The summed E-state index contributed by atoms with van der Waals surface area (Å²) in [5.41, 5.74) is -0.485. The van der Waals surface area contributed by atoms with Crippen LogP contribution in [0.15, 0.2) is 51.4 Å². The van der Waals surface area contributed by atoms with E-state index in [0.717, 1.165) is 20.8 Å². The Morgan fingerprint density at radius 2 is 1.75 bits per heavy atom. The van der Waals surface area contributed by atoms with Crippen molar-refractivity contribution in [2.45, 2.75) is 57.7 Å². The fourth-order valence-corrected chi connectivity index (χ4v) is 5.87. The predicted molar refractivity (Wildman–Crippen MR) is 164 cm³/mol. The van der Waals surface area contributed by atoms with Gasteiger partial charge in [0.2, 0.25) is 11.8 Å². The van der Waals surface area contributed by atoms with Gasteiger partial charge < -0.3 is 21.3 Å². The zero-order valence-electron chi connectivity index (χ0n) is 25.1. The molecule has 4 N–H and O–H groups in total. The number of carbonyl (C=O) groups is 4. The third kappa shape index (κ3) is 7.67. The molecule has 4 rings (SSSR count). The second kappa shape index (κ2) is 14.3. The molecule has 1 aliphatic heterocycles. The molecule has 13 nitrogen and oxygen atoms in total. The first-order chi connectivity index (χ1) is 21.0. The van der Waals surface area contributed by atoms with Crippen LogP contribution in [0.2, 0.25) is 0 Å². The molecule has 44 heavy (non-hydrogen) atoms. The second-order valence-electron chi connectivity index (χ2n) is 11.1. The minimum atomic E-state index is -1.01. The van der Waals surface area contributed by atoms with Crippen molar-refractivity contribution in [2.75, 3.05) is 6.54 Å². The van der Waals surface area contributed by atoms with Crippen molar-refractivity contribution in [1.82, 2.24) is 35.4 Å². The van der Waals surface area contributed by atoms with Crippen LogP contribution in [-0.4, -0.2) is 56.4 Å². The summed E-state index contributed by atoms with van der Waals surface area (Å²) in [7, 11) is 2.68. The summed E-state index contributed by atoms with van der Waals surface area (Å²) in [6, 6.07) is 8.00. The zero-order valence-corrected chi connectivity index (χ0v) is 25.9. The molecule has 4 amide bonds. The van der Waals surface area contributed by atoms with Crippen LogP contribution in [0.4, 0.5) is 0 Å². The van der Waals surface area contributed by atoms with Crippen LogP contribution >= 0.6 is 11.3 Å². The topological polar surface area (TPSA) is 173 Å². The van der Waals surface area contributed by atoms with Gasteiger partial charge in [0.05, 0.1) is 6.04 Å². The van der Waals surface area contributed by atoms with Crippen molar-refractivity contribution in [3.05, 3.63) is 84.6 Å². The van der Waals surface area contributed by atoms with E-state index >= 15 is 0 Å². The lowest BCUT2D eigenvalue weighted by atomic mass is 10.0. The third-order valence-electron chi connectivity index (χ3n) is 7.49. The van der Waals surface area contributed by atoms with Crippen molar-refractivity contribution >= 4 is 35.0 Å². The van der Waals surface area contributed by atoms with Crippen LogP contribution in [0.1, 0.15) is 70.7 Å². The summed E-state index contributed by atoms with van der Waals surface area (Å²) in [4.78, 5) is 82.3. The number of aromatic nitrogens is 3. The molecule has 2 bridgehead atoms. The molecule has 0 spiro atoms. The van der Waals surface area contributed by atoms with Crippen molar-refractivity contribution in [1.29, 1.82) is 0 Å². The minimum absolute atomic E-state index is 0.120. The standard InChI is InChI=1S/C30H37N7O6S/c1-17(2)24-29-34-21(16-44-29)27(41)33-20(14-18-10-6-5-7-11-18)25(39)31-13-9-8-12-19(26(40)35-24)32-28(42)22-15-23(38)37(4)30(43)36(22)3/h5-7,10-11,15-17,19-20,24H,8-9,12-14H2,1-4H3,(H,31,39)(H,32,42)(H,33,41)(H,35,40)/t19-,20+,24+/m0/s1. The zero-order chi connectivity index (χ0) is 32.0. The van der Waals surface area contributed by atoms with Gasteiger partial charge >= 0.3 is 5.69 Å². The van der Waals surface area contributed by atoms with Gasteiger partial charge in [-0.2, -0.15) is 0 Å². The molecular formula is C30H37N7O6S. The molecule has 0 saturated carbocycles. The normalized spacial score (nSPS) is 20.0. The van der Waals surface area contributed by atoms with Gasteiger partial charge in [-0.25, -0.2) is 9.78 Å². The Morgan fingerprint density at radius 1 is 1.02 bits per heavy atom. The maximum absolute atomic E-state index is 13.6. The van der Waals surface area contributed by atoms with Gasteiger partial charge in [0.1, 0.15) is 28.5 Å². The van der Waals surface area contributed by atoms with Gasteiger partial charge in [0.15, 0.2) is 0 Å². The van der Waals surface area contributed by atoms with Crippen LogP contribution in [0.25, 0.3) is 0 Å². The molecule has 2 aromatic heterocycles. The van der Waals surface area contributed by atoms with E-state index in [2.05, 4.69) is 26.3 Å². The highest BCUT2D eigenvalue weighted by Crippen LogP contribution is 2.26. The molecule has 0 fully saturated rings. The largest absolute Gasteiger partial charge is 0.354 e. The van der Waals surface area contributed by atoms with E-state index in [0.29, 0.717) is 24.3 Å². The van der Waals surface area contributed by atoms with E-state index in [1.54, 1.807) is 5.38 Å². The second-order valence-corrected chi connectivity index (χ2v) is 12.0. The fraction of sp³-hybridized carbons (Fsp3) is 0.433. The average molecular weight is 624 g/mol. The molecule has 234 valence electrons. The number of hydrogen-bond acceptors (Lipinski definition) is 8. The van der Waals surface area contributed by atoms with Gasteiger partial charge in [-0.3, -0.25) is 33.1 Å². The maximum atomic E-state index is 13.6.